The molecule has 1 aromatic heterocycles. The summed E-state index contributed by atoms with van der Waals surface area (Å²) in [4.78, 5) is 15.2. The summed E-state index contributed by atoms with van der Waals surface area (Å²) >= 11 is 0. The molecule has 2 aromatic rings. The second-order valence-electron chi connectivity index (χ2n) is 4.75. The van der Waals surface area contributed by atoms with Crippen molar-refractivity contribution in [3.05, 3.63) is 30.5 Å². The van der Waals surface area contributed by atoms with Crippen molar-refractivity contribution in [2.75, 3.05) is 5.32 Å². The van der Waals surface area contributed by atoms with E-state index in [1.165, 1.54) is 0 Å². The number of nitrogens with zero attached hydrogens (tertiary/aromatic N) is 1. The highest BCUT2D eigenvalue weighted by Gasteiger charge is 2.44. The highest BCUT2D eigenvalue weighted by Crippen LogP contribution is 2.41. The van der Waals surface area contributed by atoms with Crippen molar-refractivity contribution in [3.63, 3.8) is 0 Å². The average molecular weight is 239 g/mol. The fourth-order valence-electron chi connectivity index (χ4n) is 2.34. The van der Waals surface area contributed by atoms with Gasteiger partial charge in [0.05, 0.1) is 11.8 Å². The van der Waals surface area contributed by atoms with Crippen LogP contribution in [0.2, 0.25) is 0 Å². The van der Waals surface area contributed by atoms with Crippen LogP contribution in [0.15, 0.2) is 30.5 Å². The monoisotopic (exact) mass is 239 g/mol. The number of para-hydroxylation sites is 1. The fourth-order valence-corrected chi connectivity index (χ4v) is 2.34. The van der Waals surface area contributed by atoms with E-state index in [4.69, 9.17) is 5.26 Å². The molecule has 0 atom stereocenters. The third-order valence-corrected chi connectivity index (χ3v) is 3.69. The normalized spacial score (nSPS) is 16.8. The van der Waals surface area contributed by atoms with Gasteiger partial charge >= 0.3 is 0 Å². The van der Waals surface area contributed by atoms with Gasteiger partial charge < -0.3 is 10.3 Å². The van der Waals surface area contributed by atoms with Crippen molar-refractivity contribution >= 4 is 22.5 Å². The molecule has 0 aliphatic heterocycles. The summed E-state index contributed by atoms with van der Waals surface area (Å²) in [6.45, 7) is 0. The Balaban J connectivity index is 1.89. The van der Waals surface area contributed by atoms with Gasteiger partial charge in [0, 0.05) is 17.1 Å². The van der Waals surface area contributed by atoms with Crippen LogP contribution >= 0.6 is 0 Å². The maximum Gasteiger partial charge on any atom is 0.244 e. The van der Waals surface area contributed by atoms with Crippen LogP contribution < -0.4 is 5.32 Å². The Morgan fingerprint density at radius 3 is 2.83 bits per heavy atom. The smallest absolute Gasteiger partial charge is 0.244 e. The van der Waals surface area contributed by atoms with E-state index >= 15 is 0 Å². The van der Waals surface area contributed by atoms with Crippen molar-refractivity contribution in [1.82, 2.24) is 4.98 Å². The van der Waals surface area contributed by atoms with E-state index in [1.54, 1.807) is 6.20 Å². The standard InChI is InChI=1S/C14H13N3O/c15-9-14(6-3-7-14)13(18)17-12-8-16-11-5-2-1-4-10(11)12/h1-2,4-5,8,16H,3,6-7H2,(H,17,18). The molecule has 4 heteroatoms. The molecule has 1 aliphatic rings. The number of aromatic amines is 1. The largest absolute Gasteiger partial charge is 0.359 e. The number of anilines is 1. The Morgan fingerprint density at radius 2 is 2.17 bits per heavy atom. The molecule has 0 unspecified atom stereocenters. The molecule has 1 aromatic carbocycles. The predicted octanol–water partition coefficient (Wildman–Crippen LogP) is 2.80. The highest BCUT2D eigenvalue weighted by molar-refractivity contribution is 6.04. The van der Waals surface area contributed by atoms with Crippen LogP contribution in [0.4, 0.5) is 5.69 Å². The SMILES string of the molecule is N#CC1(C(=O)Nc2c[nH]c3ccccc23)CCC1. The van der Waals surface area contributed by atoms with Crippen LogP contribution in [-0.2, 0) is 4.79 Å². The zero-order valence-corrected chi connectivity index (χ0v) is 9.86. The molecule has 1 aliphatic carbocycles. The lowest BCUT2D eigenvalue weighted by atomic mass is 9.69. The Labute approximate surface area is 105 Å². The number of hydrogen-bond acceptors (Lipinski definition) is 2. The highest BCUT2D eigenvalue weighted by atomic mass is 16.2. The van der Waals surface area contributed by atoms with E-state index in [0.717, 1.165) is 23.0 Å². The third kappa shape index (κ3) is 1.48. The molecule has 3 rings (SSSR count). The molecular weight excluding hydrogens is 226 g/mol. The molecule has 1 fully saturated rings. The summed E-state index contributed by atoms with van der Waals surface area (Å²) in [5, 5.41) is 13.0. The van der Waals surface area contributed by atoms with E-state index in [-0.39, 0.29) is 5.91 Å². The van der Waals surface area contributed by atoms with Gasteiger partial charge in [0.2, 0.25) is 5.91 Å². The molecule has 1 amide bonds. The van der Waals surface area contributed by atoms with Gasteiger partial charge in [-0.1, -0.05) is 18.2 Å². The summed E-state index contributed by atoms with van der Waals surface area (Å²) in [5.41, 5.74) is 0.919. The molecular formula is C14H13N3O. The first-order chi connectivity index (χ1) is 8.75. The van der Waals surface area contributed by atoms with Crippen LogP contribution in [0.5, 0.6) is 0 Å². The zero-order valence-electron chi connectivity index (χ0n) is 9.86. The first kappa shape index (κ1) is 10.8. The average Bonchev–Trinajstić information content (AvgIpc) is 2.72. The Bertz CT molecular complexity index is 646. The number of hydrogen-bond donors (Lipinski definition) is 2. The Hall–Kier alpha value is -2.28. The molecule has 0 radical (unpaired) electrons. The van der Waals surface area contributed by atoms with Gasteiger partial charge in [-0.3, -0.25) is 4.79 Å². The number of H-pyrrole nitrogens is 1. The van der Waals surface area contributed by atoms with Crippen molar-refractivity contribution in [2.45, 2.75) is 19.3 Å². The zero-order chi connectivity index (χ0) is 12.6. The van der Waals surface area contributed by atoms with Gasteiger partial charge in [0.15, 0.2) is 0 Å². The van der Waals surface area contributed by atoms with Gasteiger partial charge in [-0.15, -0.1) is 0 Å². The lowest BCUT2D eigenvalue weighted by Crippen LogP contribution is -2.40. The number of fused-ring (bicyclic) bond motifs is 1. The summed E-state index contributed by atoms with van der Waals surface area (Å²) in [6, 6.07) is 9.91. The fraction of sp³-hybridized carbons (Fsp3) is 0.286. The molecule has 0 bridgehead atoms. The maximum absolute atomic E-state index is 12.1. The van der Waals surface area contributed by atoms with Crippen LogP contribution in [0.3, 0.4) is 0 Å². The summed E-state index contributed by atoms with van der Waals surface area (Å²) in [6.07, 6.45) is 4.05. The van der Waals surface area contributed by atoms with Gasteiger partial charge in [-0.2, -0.15) is 5.26 Å². The van der Waals surface area contributed by atoms with Gasteiger partial charge in [0.1, 0.15) is 5.41 Å². The minimum absolute atomic E-state index is 0.180. The minimum Gasteiger partial charge on any atom is -0.359 e. The van der Waals surface area contributed by atoms with Gasteiger partial charge in [-0.05, 0) is 25.3 Å². The minimum atomic E-state index is -0.807. The second kappa shape index (κ2) is 3.88. The number of carbonyl (C=O) groups excluding carboxylic acids is 1. The molecule has 2 N–H and O–H groups in total. The molecule has 18 heavy (non-hydrogen) atoms. The van der Waals surface area contributed by atoms with Crippen LogP contribution in [0.25, 0.3) is 10.9 Å². The predicted molar refractivity (Wildman–Crippen MR) is 68.8 cm³/mol. The quantitative estimate of drug-likeness (QED) is 0.846. The summed E-state index contributed by atoms with van der Waals surface area (Å²) in [7, 11) is 0. The molecule has 4 nitrogen and oxygen atoms in total. The number of nitrogens with one attached hydrogen (secondary N) is 2. The lowest BCUT2D eigenvalue weighted by Gasteiger charge is -2.33. The van der Waals surface area contributed by atoms with E-state index < -0.39 is 5.41 Å². The second-order valence-corrected chi connectivity index (χ2v) is 4.75. The molecule has 1 saturated carbocycles. The van der Waals surface area contributed by atoms with Crippen molar-refractivity contribution in [1.29, 1.82) is 5.26 Å². The van der Waals surface area contributed by atoms with Gasteiger partial charge in [-0.25, -0.2) is 0 Å². The number of carbonyl (C=O) groups is 1. The molecule has 90 valence electrons. The van der Waals surface area contributed by atoms with E-state index in [1.807, 2.05) is 24.3 Å². The molecule has 0 spiro atoms. The maximum atomic E-state index is 12.1. The first-order valence-electron chi connectivity index (χ1n) is 6.04. The molecule has 1 heterocycles. The number of aromatic nitrogens is 1. The van der Waals surface area contributed by atoms with Crippen molar-refractivity contribution in [2.24, 2.45) is 5.41 Å². The van der Waals surface area contributed by atoms with E-state index in [0.29, 0.717) is 12.8 Å². The topological polar surface area (TPSA) is 68.7 Å². The number of amides is 1. The third-order valence-electron chi connectivity index (χ3n) is 3.69. The number of nitriles is 1. The van der Waals surface area contributed by atoms with Crippen molar-refractivity contribution in [3.8, 4) is 6.07 Å². The van der Waals surface area contributed by atoms with Crippen LogP contribution in [-0.4, -0.2) is 10.9 Å². The summed E-state index contributed by atoms with van der Waals surface area (Å²) in [5.74, 6) is -0.180. The van der Waals surface area contributed by atoms with E-state index in [2.05, 4.69) is 16.4 Å². The summed E-state index contributed by atoms with van der Waals surface area (Å²) < 4.78 is 0. The Kier molecular flexibility index (Phi) is 2.34. The van der Waals surface area contributed by atoms with Gasteiger partial charge in [0.25, 0.3) is 0 Å². The van der Waals surface area contributed by atoms with E-state index in [9.17, 15) is 4.79 Å². The van der Waals surface area contributed by atoms with Crippen molar-refractivity contribution < 1.29 is 4.79 Å². The Morgan fingerprint density at radius 1 is 1.39 bits per heavy atom. The molecule has 0 saturated heterocycles. The number of benzene rings is 1. The van der Waals surface area contributed by atoms with Crippen LogP contribution in [0, 0.1) is 16.7 Å². The first-order valence-corrected chi connectivity index (χ1v) is 6.04. The lowest BCUT2D eigenvalue weighted by molar-refractivity contribution is -0.126. The number of rotatable bonds is 2. The van der Waals surface area contributed by atoms with Crippen LogP contribution in [0.1, 0.15) is 19.3 Å².